The zero-order chi connectivity index (χ0) is 13.9. The number of hydrogen-bond donors (Lipinski definition) is 2. The fourth-order valence-corrected chi connectivity index (χ4v) is 2.85. The molecule has 0 aliphatic carbocycles. The van der Waals surface area contributed by atoms with Crippen molar-refractivity contribution in [2.24, 2.45) is 0 Å². The zero-order valence-electron chi connectivity index (χ0n) is 10.9. The molecule has 3 nitrogen and oxygen atoms in total. The maximum Gasteiger partial charge on any atom is 0.252 e. The van der Waals surface area contributed by atoms with Crippen molar-refractivity contribution in [3.63, 3.8) is 0 Å². The number of carbonyl (C=O) groups excluding carboxylic acids is 1. The molecule has 0 radical (unpaired) electrons. The van der Waals surface area contributed by atoms with Crippen molar-refractivity contribution in [2.45, 2.75) is 19.6 Å². The van der Waals surface area contributed by atoms with E-state index in [-0.39, 0.29) is 5.91 Å². The average molecular weight is 331 g/mol. The van der Waals surface area contributed by atoms with Crippen molar-refractivity contribution in [1.29, 1.82) is 0 Å². The van der Waals surface area contributed by atoms with Crippen molar-refractivity contribution >= 4 is 21.8 Å². The molecule has 1 amide bonds. The molecule has 0 fully saturated rings. The van der Waals surface area contributed by atoms with Crippen molar-refractivity contribution in [3.05, 3.63) is 69.2 Å². The first-order valence-corrected chi connectivity index (χ1v) is 7.37. The molecule has 0 atom stereocenters. The molecule has 4 heteroatoms. The smallest absolute Gasteiger partial charge is 0.252 e. The van der Waals surface area contributed by atoms with Gasteiger partial charge in [0.15, 0.2) is 0 Å². The molecule has 3 rings (SSSR count). The molecule has 2 aromatic rings. The van der Waals surface area contributed by atoms with Gasteiger partial charge in [-0.2, -0.15) is 0 Å². The predicted octanol–water partition coefficient (Wildman–Crippen LogP) is 2.98. The summed E-state index contributed by atoms with van der Waals surface area (Å²) in [5.41, 5.74) is 4.48. The zero-order valence-corrected chi connectivity index (χ0v) is 12.5. The quantitative estimate of drug-likeness (QED) is 0.908. The molecule has 0 saturated heterocycles. The monoisotopic (exact) mass is 330 g/mol. The van der Waals surface area contributed by atoms with Crippen LogP contribution in [-0.4, -0.2) is 5.91 Å². The first kappa shape index (κ1) is 13.3. The second-order valence-electron chi connectivity index (χ2n) is 4.87. The Morgan fingerprint density at radius 2 is 1.95 bits per heavy atom. The molecule has 102 valence electrons. The number of benzene rings is 2. The van der Waals surface area contributed by atoms with Gasteiger partial charge in [-0.25, -0.2) is 0 Å². The first-order chi connectivity index (χ1) is 9.74. The van der Waals surface area contributed by atoms with E-state index in [1.807, 2.05) is 24.3 Å². The molecule has 2 aromatic carbocycles. The number of nitrogens with one attached hydrogen (secondary N) is 2. The molecular weight excluding hydrogens is 316 g/mol. The van der Waals surface area contributed by atoms with E-state index in [0.717, 1.165) is 23.1 Å². The predicted molar refractivity (Wildman–Crippen MR) is 82.3 cm³/mol. The van der Waals surface area contributed by atoms with Crippen molar-refractivity contribution < 1.29 is 4.79 Å². The SMILES string of the molecule is O=C(NCc1ccc2c(c1)CNC2)c1ccccc1Br. The minimum absolute atomic E-state index is 0.0592. The molecule has 1 aliphatic heterocycles. The van der Waals surface area contributed by atoms with Crippen LogP contribution in [0, 0.1) is 0 Å². The summed E-state index contributed by atoms with van der Waals surface area (Å²) in [6, 6.07) is 13.8. The van der Waals surface area contributed by atoms with E-state index < -0.39 is 0 Å². The third kappa shape index (κ3) is 2.76. The van der Waals surface area contributed by atoms with Crippen LogP contribution in [0.3, 0.4) is 0 Å². The summed E-state index contributed by atoms with van der Waals surface area (Å²) >= 11 is 3.39. The van der Waals surface area contributed by atoms with Gasteiger partial charge < -0.3 is 10.6 Å². The Bertz CT molecular complexity index is 655. The Morgan fingerprint density at radius 1 is 1.15 bits per heavy atom. The fraction of sp³-hybridized carbons (Fsp3) is 0.188. The summed E-state index contributed by atoms with van der Waals surface area (Å²) in [6.07, 6.45) is 0. The standard InChI is InChI=1S/C16H15BrN2O/c17-15-4-2-1-3-14(15)16(20)19-8-11-5-6-12-9-18-10-13(12)7-11/h1-7,18H,8-10H2,(H,19,20). The second-order valence-corrected chi connectivity index (χ2v) is 5.72. The van der Waals surface area contributed by atoms with Gasteiger partial charge in [-0.15, -0.1) is 0 Å². The molecule has 0 unspecified atom stereocenters. The molecule has 1 aliphatic rings. The highest BCUT2D eigenvalue weighted by Crippen LogP contribution is 2.18. The van der Waals surface area contributed by atoms with Crippen molar-refractivity contribution in [2.75, 3.05) is 0 Å². The molecular formula is C16H15BrN2O. The lowest BCUT2D eigenvalue weighted by Crippen LogP contribution is -2.23. The number of carbonyl (C=O) groups is 1. The molecule has 0 saturated carbocycles. The topological polar surface area (TPSA) is 41.1 Å². The maximum atomic E-state index is 12.1. The van der Waals surface area contributed by atoms with Crippen molar-refractivity contribution in [3.8, 4) is 0 Å². The summed E-state index contributed by atoms with van der Waals surface area (Å²) in [5, 5.41) is 6.28. The van der Waals surface area contributed by atoms with Crippen LogP contribution in [0.15, 0.2) is 46.9 Å². The van der Waals surface area contributed by atoms with Crippen molar-refractivity contribution in [1.82, 2.24) is 10.6 Å². The van der Waals surface area contributed by atoms with Gasteiger partial charge in [0.05, 0.1) is 5.56 Å². The highest BCUT2D eigenvalue weighted by molar-refractivity contribution is 9.10. The lowest BCUT2D eigenvalue weighted by Gasteiger charge is -2.08. The lowest BCUT2D eigenvalue weighted by atomic mass is 10.1. The van der Waals surface area contributed by atoms with Crippen LogP contribution in [0.5, 0.6) is 0 Å². The lowest BCUT2D eigenvalue weighted by molar-refractivity contribution is 0.0950. The number of rotatable bonds is 3. The van der Waals surface area contributed by atoms with Crippen LogP contribution in [0.1, 0.15) is 27.0 Å². The molecule has 0 bridgehead atoms. The van der Waals surface area contributed by atoms with Gasteiger partial charge in [-0.1, -0.05) is 30.3 Å². The van der Waals surface area contributed by atoms with Crippen LogP contribution < -0.4 is 10.6 Å². The van der Waals surface area contributed by atoms with Gasteiger partial charge in [-0.05, 0) is 44.8 Å². The summed E-state index contributed by atoms with van der Waals surface area (Å²) in [7, 11) is 0. The Kier molecular flexibility index (Phi) is 3.85. The van der Waals surface area contributed by atoms with Crippen LogP contribution in [0.25, 0.3) is 0 Å². The largest absolute Gasteiger partial charge is 0.348 e. The normalized spacial score (nSPS) is 13.1. The number of amides is 1. The summed E-state index contributed by atoms with van der Waals surface area (Å²) in [4.78, 5) is 12.1. The van der Waals surface area contributed by atoms with E-state index in [2.05, 4.69) is 44.8 Å². The second kappa shape index (κ2) is 5.77. The van der Waals surface area contributed by atoms with Gasteiger partial charge in [0.1, 0.15) is 0 Å². The fourth-order valence-electron chi connectivity index (χ4n) is 2.38. The van der Waals surface area contributed by atoms with E-state index in [1.165, 1.54) is 11.1 Å². The minimum atomic E-state index is -0.0592. The Hall–Kier alpha value is -1.65. The number of hydrogen-bond acceptors (Lipinski definition) is 2. The number of halogens is 1. The Balaban J connectivity index is 1.68. The molecule has 2 N–H and O–H groups in total. The van der Waals surface area contributed by atoms with Crippen LogP contribution >= 0.6 is 15.9 Å². The van der Waals surface area contributed by atoms with Gasteiger partial charge >= 0.3 is 0 Å². The van der Waals surface area contributed by atoms with Gasteiger partial charge in [0, 0.05) is 24.1 Å². The van der Waals surface area contributed by atoms with Gasteiger partial charge in [0.2, 0.25) is 0 Å². The summed E-state index contributed by atoms with van der Waals surface area (Å²) < 4.78 is 0.815. The third-order valence-electron chi connectivity index (χ3n) is 3.47. The number of fused-ring (bicyclic) bond motifs is 1. The molecule has 0 spiro atoms. The van der Waals surface area contributed by atoms with Gasteiger partial charge in [-0.3, -0.25) is 4.79 Å². The van der Waals surface area contributed by atoms with Crippen LogP contribution in [0.2, 0.25) is 0 Å². The molecule has 0 aromatic heterocycles. The Morgan fingerprint density at radius 3 is 2.80 bits per heavy atom. The minimum Gasteiger partial charge on any atom is -0.348 e. The van der Waals surface area contributed by atoms with E-state index in [4.69, 9.17) is 0 Å². The highest BCUT2D eigenvalue weighted by Gasteiger charge is 2.11. The third-order valence-corrected chi connectivity index (χ3v) is 4.16. The molecule has 1 heterocycles. The summed E-state index contributed by atoms with van der Waals surface area (Å²) in [6.45, 7) is 2.41. The van der Waals surface area contributed by atoms with E-state index in [1.54, 1.807) is 0 Å². The Labute approximate surface area is 126 Å². The summed E-state index contributed by atoms with van der Waals surface area (Å²) in [5.74, 6) is -0.0592. The van der Waals surface area contributed by atoms with E-state index in [9.17, 15) is 4.79 Å². The van der Waals surface area contributed by atoms with E-state index in [0.29, 0.717) is 12.1 Å². The highest BCUT2D eigenvalue weighted by atomic mass is 79.9. The first-order valence-electron chi connectivity index (χ1n) is 6.58. The van der Waals surface area contributed by atoms with Crippen LogP contribution in [-0.2, 0) is 19.6 Å². The maximum absolute atomic E-state index is 12.1. The van der Waals surface area contributed by atoms with Crippen LogP contribution in [0.4, 0.5) is 0 Å². The molecule has 20 heavy (non-hydrogen) atoms. The van der Waals surface area contributed by atoms with E-state index >= 15 is 0 Å². The van der Waals surface area contributed by atoms with Gasteiger partial charge in [0.25, 0.3) is 5.91 Å². The average Bonchev–Trinajstić information content (AvgIpc) is 2.92.